The van der Waals surface area contributed by atoms with Crippen molar-refractivity contribution in [3.8, 4) is 17.2 Å². The van der Waals surface area contributed by atoms with Crippen LogP contribution in [-0.4, -0.2) is 68.5 Å². The number of carboxylic acid groups (broad SMARTS) is 1. The number of anilines is 1. The molecular weight excluding hydrogens is 480 g/mol. The second-order valence-electron chi connectivity index (χ2n) is 8.81. The number of nitrogens with zero attached hydrogens (tertiary/aromatic N) is 2. The predicted molar refractivity (Wildman–Crippen MR) is 124 cm³/mol. The second-order valence-corrected chi connectivity index (χ2v) is 11.0. The molecule has 2 aromatic rings. The molecule has 188 valence electrons. The minimum absolute atomic E-state index is 0.0177. The summed E-state index contributed by atoms with van der Waals surface area (Å²) in [5.74, 6) is -2.67. The highest BCUT2D eigenvalue weighted by Gasteiger charge is 2.35. The highest BCUT2D eigenvalue weighted by molar-refractivity contribution is 7.89. The lowest BCUT2D eigenvalue weighted by atomic mass is 10.1. The first-order valence-electron chi connectivity index (χ1n) is 10.5. The van der Waals surface area contributed by atoms with Gasteiger partial charge in [-0.15, -0.1) is 0 Å². The lowest BCUT2D eigenvalue weighted by Gasteiger charge is -2.25. The van der Waals surface area contributed by atoms with E-state index in [-0.39, 0.29) is 33.4 Å². The van der Waals surface area contributed by atoms with E-state index in [4.69, 9.17) is 19.3 Å². The summed E-state index contributed by atoms with van der Waals surface area (Å²) in [4.78, 5) is 38.3. The van der Waals surface area contributed by atoms with Crippen LogP contribution in [0.15, 0.2) is 41.3 Å². The second kappa shape index (κ2) is 9.55. The Balaban J connectivity index is 2.18. The van der Waals surface area contributed by atoms with E-state index >= 15 is 0 Å². The Bertz CT molecular complexity index is 1280. The summed E-state index contributed by atoms with van der Waals surface area (Å²) in [5, 5.41) is 9.00. The molecule has 0 aliphatic carbocycles. The summed E-state index contributed by atoms with van der Waals surface area (Å²) in [5.41, 5.74) is -0.940. The maximum Gasteiger partial charge on any atom is 0.341 e. The van der Waals surface area contributed by atoms with Crippen molar-refractivity contribution in [2.24, 2.45) is 0 Å². The van der Waals surface area contributed by atoms with Gasteiger partial charge < -0.3 is 19.3 Å². The van der Waals surface area contributed by atoms with E-state index < -0.39 is 46.6 Å². The van der Waals surface area contributed by atoms with Gasteiger partial charge in [-0.2, -0.15) is 0 Å². The van der Waals surface area contributed by atoms with Crippen LogP contribution in [0.1, 0.15) is 31.1 Å². The zero-order valence-corrected chi connectivity index (χ0v) is 20.7. The van der Waals surface area contributed by atoms with Gasteiger partial charge in [-0.25, -0.2) is 17.5 Å². The van der Waals surface area contributed by atoms with E-state index in [1.165, 1.54) is 50.5 Å². The molecule has 1 heterocycles. The fourth-order valence-electron chi connectivity index (χ4n) is 3.25. The topological polar surface area (TPSA) is 140 Å². The molecule has 35 heavy (non-hydrogen) atoms. The van der Waals surface area contributed by atoms with Crippen LogP contribution in [0.5, 0.6) is 17.2 Å². The third kappa shape index (κ3) is 5.72. The first-order valence-corrected chi connectivity index (χ1v) is 11.9. The van der Waals surface area contributed by atoms with Crippen molar-refractivity contribution in [2.75, 3.05) is 32.1 Å². The standard InChI is InChI=1S/C23H26N2O9S/c1-23(2,3)34-20(28)12-25-15-11-14(35(30,31)24(4)5)9-10-16(15)33-18-8-6-7-17(21(18)22(25)29)32-13-19(26)27/h6-11H,12-13H2,1-5H3,(H,26,27). The molecule has 1 N–H and O–H groups in total. The van der Waals surface area contributed by atoms with Crippen molar-refractivity contribution >= 4 is 33.6 Å². The number of hydrogen-bond donors (Lipinski definition) is 1. The van der Waals surface area contributed by atoms with Crippen LogP contribution >= 0.6 is 0 Å². The molecule has 1 aliphatic heterocycles. The van der Waals surface area contributed by atoms with Gasteiger partial charge in [0.25, 0.3) is 5.91 Å². The Morgan fingerprint density at radius 1 is 1.11 bits per heavy atom. The Kier molecular flexibility index (Phi) is 7.08. The molecule has 11 nitrogen and oxygen atoms in total. The summed E-state index contributed by atoms with van der Waals surface area (Å²) >= 11 is 0. The van der Waals surface area contributed by atoms with Crippen molar-refractivity contribution < 1.29 is 42.1 Å². The van der Waals surface area contributed by atoms with Crippen molar-refractivity contribution in [3.05, 3.63) is 42.0 Å². The molecule has 1 amide bonds. The van der Waals surface area contributed by atoms with Crippen molar-refractivity contribution in [1.82, 2.24) is 4.31 Å². The Morgan fingerprint density at radius 2 is 1.80 bits per heavy atom. The quantitative estimate of drug-likeness (QED) is 0.561. The largest absolute Gasteiger partial charge is 0.481 e. The van der Waals surface area contributed by atoms with Gasteiger partial charge in [-0.05, 0) is 51.1 Å². The smallest absolute Gasteiger partial charge is 0.341 e. The number of esters is 1. The molecule has 0 aromatic heterocycles. The van der Waals surface area contributed by atoms with E-state index in [1.54, 1.807) is 20.8 Å². The van der Waals surface area contributed by atoms with Crippen LogP contribution < -0.4 is 14.4 Å². The number of ether oxygens (including phenoxy) is 3. The van der Waals surface area contributed by atoms with Crippen molar-refractivity contribution in [3.63, 3.8) is 0 Å². The zero-order valence-electron chi connectivity index (χ0n) is 19.9. The number of carbonyl (C=O) groups is 3. The number of carboxylic acids is 1. The fourth-order valence-corrected chi connectivity index (χ4v) is 4.18. The summed E-state index contributed by atoms with van der Waals surface area (Å²) in [6.45, 7) is 3.72. The van der Waals surface area contributed by atoms with Crippen LogP contribution in [0.25, 0.3) is 0 Å². The zero-order chi connectivity index (χ0) is 26.1. The maximum atomic E-state index is 13.7. The minimum atomic E-state index is -3.88. The molecule has 0 bridgehead atoms. The number of amides is 1. The third-order valence-electron chi connectivity index (χ3n) is 4.73. The molecule has 12 heteroatoms. The number of aliphatic carboxylic acids is 1. The molecule has 0 saturated carbocycles. The SMILES string of the molecule is CN(C)S(=O)(=O)c1ccc2c(c1)N(CC(=O)OC(C)(C)C)C(=O)c1c(OCC(=O)O)cccc1O2. The average molecular weight is 507 g/mol. The lowest BCUT2D eigenvalue weighted by Crippen LogP contribution is -2.39. The lowest BCUT2D eigenvalue weighted by molar-refractivity contribution is -0.152. The molecular formula is C23H26N2O9S. The van der Waals surface area contributed by atoms with E-state index in [9.17, 15) is 22.8 Å². The summed E-state index contributed by atoms with van der Waals surface area (Å²) < 4.78 is 43.1. The van der Waals surface area contributed by atoms with E-state index in [1.807, 2.05) is 0 Å². The average Bonchev–Trinajstić information content (AvgIpc) is 2.85. The molecule has 3 rings (SSSR count). The molecule has 0 fully saturated rings. The number of carbonyl (C=O) groups excluding carboxylic acids is 2. The third-order valence-corrected chi connectivity index (χ3v) is 6.54. The first-order chi connectivity index (χ1) is 16.2. The number of sulfonamides is 1. The van der Waals surface area contributed by atoms with Crippen molar-refractivity contribution in [2.45, 2.75) is 31.3 Å². The van der Waals surface area contributed by atoms with Gasteiger partial charge in [0, 0.05) is 14.1 Å². The van der Waals surface area contributed by atoms with Gasteiger partial charge in [-0.3, -0.25) is 14.5 Å². The van der Waals surface area contributed by atoms with E-state index in [2.05, 4.69) is 0 Å². The van der Waals surface area contributed by atoms with Gasteiger partial charge >= 0.3 is 11.9 Å². The molecule has 1 aliphatic rings. The van der Waals surface area contributed by atoms with Crippen LogP contribution in [0.2, 0.25) is 0 Å². The van der Waals surface area contributed by atoms with Gasteiger partial charge in [-0.1, -0.05) is 6.07 Å². The molecule has 0 radical (unpaired) electrons. The van der Waals surface area contributed by atoms with Crippen LogP contribution in [0, 0.1) is 0 Å². The number of benzene rings is 2. The highest BCUT2D eigenvalue weighted by Crippen LogP contribution is 2.43. The predicted octanol–water partition coefficient (Wildman–Crippen LogP) is 2.49. The summed E-state index contributed by atoms with van der Waals surface area (Å²) in [6.07, 6.45) is 0. The summed E-state index contributed by atoms with van der Waals surface area (Å²) in [6, 6.07) is 8.31. The van der Waals surface area contributed by atoms with Gasteiger partial charge in [0.1, 0.15) is 29.2 Å². The molecule has 0 spiro atoms. The van der Waals surface area contributed by atoms with Crippen LogP contribution in [0.3, 0.4) is 0 Å². The van der Waals surface area contributed by atoms with E-state index in [0.29, 0.717) is 0 Å². The fraction of sp³-hybridized carbons (Fsp3) is 0.348. The van der Waals surface area contributed by atoms with Gasteiger partial charge in [0.15, 0.2) is 12.4 Å². The van der Waals surface area contributed by atoms with E-state index in [0.717, 1.165) is 9.21 Å². The first kappa shape index (κ1) is 26.0. The number of hydrogen-bond acceptors (Lipinski definition) is 8. The normalized spacial score (nSPS) is 13.4. The molecule has 0 atom stereocenters. The van der Waals surface area contributed by atoms with Crippen LogP contribution in [0.4, 0.5) is 5.69 Å². The Hall–Kier alpha value is -3.64. The molecule has 2 aromatic carbocycles. The molecule has 0 unspecified atom stereocenters. The number of fused-ring (bicyclic) bond motifs is 2. The molecule has 0 saturated heterocycles. The van der Waals surface area contributed by atoms with Gasteiger partial charge in [0.05, 0.1) is 10.6 Å². The van der Waals surface area contributed by atoms with Crippen molar-refractivity contribution in [1.29, 1.82) is 0 Å². The Labute approximate surface area is 202 Å². The highest BCUT2D eigenvalue weighted by atomic mass is 32.2. The maximum absolute atomic E-state index is 13.7. The minimum Gasteiger partial charge on any atom is -0.481 e. The van der Waals surface area contributed by atoms with Crippen LogP contribution in [-0.2, 0) is 24.3 Å². The monoisotopic (exact) mass is 506 g/mol. The van der Waals surface area contributed by atoms with Gasteiger partial charge in [0.2, 0.25) is 10.0 Å². The number of rotatable bonds is 7. The summed E-state index contributed by atoms with van der Waals surface area (Å²) in [7, 11) is -1.15. The Morgan fingerprint density at radius 3 is 2.40 bits per heavy atom.